The van der Waals surface area contributed by atoms with E-state index in [1.807, 2.05) is 37.0 Å². The van der Waals surface area contributed by atoms with Gasteiger partial charge in [0.25, 0.3) is 0 Å². The summed E-state index contributed by atoms with van der Waals surface area (Å²) in [5.74, 6) is 4.00. The van der Waals surface area contributed by atoms with Crippen molar-refractivity contribution in [2.45, 2.75) is 0 Å². The van der Waals surface area contributed by atoms with Crippen LogP contribution in [0.5, 0.6) is 0 Å². The number of aromatic nitrogens is 1. The number of hydrogen-bond donors (Lipinski definition) is 0. The molecule has 3 heteroatoms. The topological polar surface area (TPSA) is 26.0 Å². The fourth-order valence-electron chi connectivity index (χ4n) is 0.561. The Morgan fingerprint density at radius 3 is 2.09 bits per heavy atom. The third kappa shape index (κ3) is 4.09. The SMILES string of the molecule is b1ccccc1.c1cocn1. The molecular weight excluding hydrogens is 137 g/mol. The molecule has 0 radical (unpaired) electrons. The van der Waals surface area contributed by atoms with E-state index in [2.05, 4.69) is 9.40 Å². The Balaban J connectivity index is 0.000000112. The Kier molecular flexibility index (Phi) is 3.80. The molecule has 2 heterocycles. The molecule has 0 amide bonds. The zero-order valence-corrected chi connectivity index (χ0v) is 6.05. The second kappa shape index (κ2) is 5.41. The summed E-state index contributed by atoms with van der Waals surface area (Å²) in [6.07, 6.45) is 4.47. The van der Waals surface area contributed by atoms with Crippen molar-refractivity contribution in [1.29, 1.82) is 0 Å². The molecule has 0 aliphatic carbocycles. The van der Waals surface area contributed by atoms with Crippen LogP contribution >= 0.6 is 0 Å². The molecule has 0 aromatic carbocycles. The minimum absolute atomic E-state index is 1.38. The largest absolute Gasteiger partial charge is 0.452 e. The van der Waals surface area contributed by atoms with E-state index in [1.54, 1.807) is 6.20 Å². The molecule has 2 aromatic rings. The van der Waals surface area contributed by atoms with Gasteiger partial charge in [-0.05, 0) is 0 Å². The maximum atomic E-state index is 4.47. The van der Waals surface area contributed by atoms with Crippen molar-refractivity contribution in [1.82, 2.24) is 4.98 Å². The molecular formula is C8H8BNO. The van der Waals surface area contributed by atoms with E-state index in [4.69, 9.17) is 0 Å². The van der Waals surface area contributed by atoms with Gasteiger partial charge in [-0.15, -0.1) is 0 Å². The molecule has 0 fully saturated rings. The molecule has 0 aliphatic heterocycles. The first-order valence-electron chi connectivity index (χ1n) is 3.32. The second-order valence-electron chi connectivity index (χ2n) is 1.83. The molecule has 0 aliphatic rings. The van der Waals surface area contributed by atoms with Gasteiger partial charge < -0.3 is 4.42 Å². The Morgan fingerprint density at radius 2 is 1.91 bits per heavy atom. The van der Waals surface area contributed by atoms with Crippen LogP contribution in [0.3, 0.4) is 0 Å². The van der Waals surface area contributed by atoms with E-state index in [1.165, 1.54) is 12.7 Å². The number of nitrogens with zero attached hydrogens (tertiary/aromatic N) is 1. The average molecular weight is 145 g/mol. The first-order chi connectivity index (χ1) is 5.50. The molecule has 2 rings (SSSR count). The molecule has 0 N–H and O–H groups in total. The van der Waals surface area contributed by atoms with Gasteiger partial charge in [0.2, 0.25) is 0 Å². The Bertz CT molecular complexity index is 200. The second-order valence-corrected chi connectivity index (χ2v) is 1.83. The van der Waals surface area contributed by atoms with Gasteiger partial charge in [-0.2, -0.15) is 0 Å². The van der Waals surface area contributed by atoms with Crippen molar-refractivity contribution in [2.75, 3.05) is 0 Å². The fraction of sp³-hybridized carbons (Fsp3) is 0. The van der Waals surface area contributed by atoms with Crippen LogP contribution in [-0.2, 0) is 0 Å². The summed E-state index contributed by atoms with van der Waals surface area (Å²) in [6.45, 7) is 2.00. The molecule has 0 bridgehead atoms. The predicted molar refractivity (Wildman–Crippen MR) is 44.3 cm³/mol. The summed E-state index contributed by atoms with van der Waals surface area (Å²) in [5.41, 5.74) is 0. The van der Waals surface area contributed by atoms with Crippen LogP contribution in [0.4, 0.5) is 0 Å². The Morgan fingerprint density at radius 1 is 1.09 bits per heavy atom. The first-order valence-corrected chi connectivity index (χ1v) is 3.32. The summed E-state index contributed by atoms with van der Waals surface area (Å²) in [6, 6.07) is 6.00. The van der Waals surface area contributed by atoms with Crippen molar-refractivity contribution in [3.8, 4) is 0 Å². The van der Waals surface area contributed by atoms with Gasteiger partial charge in [0, 0.05) is 0 Å². The van der Waals surface area contributed by atoms with E-state index in [0.717, 1.165) is 0 Å². The fourth-order valence-corrected chi connectivity index (χ4v) is 0.561. The predicted octanol–water partition coefficient (Wildman–Crippen LogP) is 1.70. The zero-order valence-electron chi connectivity index (χ0n) is 6.05. The van der Waals surface area contributed by atoms with E-state index >= 15 is 0 Å². The van der Waals surface area contributed by atoms with Crippen molar-refractivity contribution in [3.05, 3.63) is 49.0 Å². The summed E-state index contributed by atoms with van der Waals surface area (Å²) in [7, 11) is 0. The van der Waals surface area contributed by atoms with Gasteiger partial charge in [-0.1, -0.05) is 0 Å². The maximum absolute atomic E-state index is 4.47. The van der Waals surface area contributed by atoms with E-state index in [0.29, 0.717) is 0 Å². The third-order valence-corrected chi connectivity index (χ3v) is 1.01. The third-order valence-electron chi connectivity index (χ3n) is 1.01. The number of oxazole rings is 1. The molecule has 0 saturated heterocycles. The van der Waals surface area contributed by atoms with Crippen LogP contribution in [0, 0.1) is 0 Å². The monoisotopic (exact) mass is 145 g/mol. The number of rotatable bonds is 0. The summed E-state index contributed by atoms with van der Waals surface area (Å²) in [5, 5.41) is 0. The molecule has 0 atom stereocenters. The van der Waals surface area contributed by atoms with Crippen LogP contribution in [-0.4, -0.2) is 11.9 Å². The standard InChI is InChI=1S/C5H5B.C3H3NO/c1-2-4-6-5-3-1;1-2-5-3-4-1/h1-5H;1-3H. The van der Waals surface area contributed by atoms with Gasteiger partial charge in [0.05, 0.1) is 6.20 Å². The van der Waals surface area contributed by atoms with E-state index < -0.39 is 0 Å². The maximum Gasteiger partial charge on any atom is 0.180 e. The summed E-state index contributed by atoms with van der Waals surface area (Å²) >= 11 is 0. The van der Waals surface area contributed by atoms with Gasteiger partial charge in [-0.25, -0.2) is 4.98 Å². The van der Waals surface area contributed by atoms with Crippen LogP contribution in [0.1, 0.15) is 0 Å². The molecule has 2 nitrogen and oxygen atoms in total. The van der Waals surface area contributed by atoms with Gasteiger partial charge in [0.1, 0.15) is 6.26 Å². The molecule has 0 spiro atoms. The minimum Gasteiger partial charge on any atom is -0.452 e. The van der Waals surface area contributed by atoms with Crippen LogP contribution in [0.25, 0.3) is 0 Å². The normalized spacial score (nSPS) is 7.64. The molecule has 2 aromatic heterocycles. The Hall–Kier alpha value is -1.38. The molecule has 0 unspecified atom stereocenters. The van der Waals surface area contributed by atoms with Crippen molar-refractivity contribution >= 4 is 6.91 Å². The van der Waals surface area contributed by atoms with E-state index in [9.17, 15) is 0 Å². The molecule has 0 saturated carbocycles. The van der Waals surface area contributed by atoms with Gasteiger partial charge in [-0.3, -0.25) is 0 Å². The first kappa shape index (κ1) is 7.73. The van der Waals surface area contributed by atoms with Crippen LogP contribution in [0.15, 0.2) is 53.4 Å². The van der Waals surface area contributed by atoms with Crippen LogP contribution < -0.4 is 0 Å². The number of hydrogen-bond acceptors (Lipinski definition) is 2. The zero-order chi connectivity index (χ0) is 7.78. The molecule has 54 valence electrons. The summed E-state index contributed by atoms with van der Waals surface area (Å²) < 4.78 is 4.47. The quantitative estimate of drug-likeness (QED) is 0.563. The minimum atomic E-state index is 1.38. The van der Waals surface area contributed by atoms with Gasteiger partial charge in [0.15, 0.2) is 6.39 Å². The van der Waals surface area contributed by atoms with Crippen molar-refractivity contribution in [2.24, 2.45) is 0 Å². The summed E-state index contributed by atoms with van der Waals surface area (Å²) in [4.78, 5) is 3.56. The smallest absolute Gasteiger partial charge is 0.180 e. The Labute approximate surface area is 66.1 Å². The van der Waals surface area contributed by atoms with E-state index in [-0.39, 0.29) is 0 Å². The molecule has 11 heavy (non-hydrogen) atoms. The van der Waals surface area contributed by atoms with Crippen molar-refractivity contribution < 1.29 is 4.42 Å². The van der Waals surface area contributed by atoms with Crippen molar-refractivity contribution in [3.63, 3.8) is 0 Å². The average Bonchev–Trinajstić information content (AvgIpc) is 2.64. The van der Waals surface area contributed by atoms with Crippen LogP contribution in [0.2, 0.25) is 0 Å². The van der Waals surface area contributed by atoms with Gasteiger partial charge >= 0.3 is 37.0 Å².